The van der Waals surface area contributed by atoms with Crippen LogP contribution in [0.5, 0.6) is 5.75 Å². The van der Waals surface area contributed by atoms with Crippen molar-refractivity contribution in [3.8, 4) is 11.4 Å². The van der Waals surface area contributed by atoms with Crippen LogP contribution in [0.2, 0.25) is 0 Å². The number of anilines is 1. The first-order chi connectivity index (χ1) is 14.6. The van der Waals surface area contributed by atoms with E-state index in [2.05, 4.69) is 24.8 Å². The van der Waals surface area contributed by atoms with Crippen LogP contribution in [0.4, 0.5) is 5.95 Å². The van der Waals surface area contributed by atoms with Crippen molar-refractivity contribution >= 4 is 11.9 Å². The molecule has 1 saturated heterocycles. The SMILES string of the molecule is COc1cccc(-n2c(C)cc(C(=O)NC3CCCN(c4ncccn4)C3)c2C)c1. The fraction of sp³-hybridized carbons (Fsp3) is 0.348. The van der Waals surface area contributed by atoms with E-state index >= 15 is 0 Å². The number of methoxy groups -OCH3 is 1. The summed E-state index contributed by atoms with van der Waals surface area (Å²) in [5.74, 6) is 1.46. The number of aryl methyl sites for hydroxylation is 1. The largest absolute Gasteiger partial charge is 0.497 e. The molecule has 30 heavy (non-hydrogen) atoms. The van der Waals surface area contributed by atoms with Gasteiger partial charge in [0.2, 0.25) is 5.95 Å². The number of benzene rings is 1. The van der Waals surface area contributed by atoms with Crippen molar-refractivity contribution in [2.45, 2.75) is 32.7 Å². The van der Waals surface area contributed by atoms with Crippen molar-refractivity contribution in [2.24, 2.45) is 0 Å². The van der Waals surface area contributed by atoms with E-state index in [1.54, 1.807) is 19.5 Å². The average Bonchev–Trinajstić information content (AvgIpc) is 3.08. The lowest BCUT2D eigenvalue weighted by atomic mass is 10.1. The Labute approximate surface area is 176 Å². The molecule has 3 heterocycles. The summed E-state index contributed by atoms with van der Waals surface area (Å²) in [7, 11) is 1.65. The first kappa shape index (κ1) is 19.9. The van der Waals surface area contributed by atoms with Gasteiger partial charge in [0, 0.05) is 54.7 Å². The molecule has 0 aliphatic carbocycles. The average molecular weight is 406 g/mol. The van der Waals surface area contributed by atoms with Crippen LogP contribution < -0.4 is 15.0 Å². The predicted molar refractivity (Wildman–Crippen MR) is 117 cm³/mol. The van der Waals surface area contributed by atoms with Crippen molar-refractivity contribution in [3.05, 3.63) is 65.7 Å². The summed E-state index contributed by atoms with van der Waals surface area (Å²) in [6.45, 7) is 5.61. The first-order valence-electron chi connectivity index (χ1n) is 10.2. The van der Waals surface area contributed by atoms with Crippen LogP contribution in [0.1, 0.15) is 34.6 Å². The molecule has 0 bridgehead atoms. The molecule has 1 N–H and O–H groups in total. The minimum absolute atomic E-state index is 0.0434. The Kier molecular flexibility index (Phi) is 5.70. The molecule has 2 aromatic heterocycles. The van der Waals surface area contributed by atoms with Crippen molar-refractivity contribution in [2.75, 3.05) is 25.1 Å². The molecule has 1 aliphatic rings. The molecule has 0 spiro atoms. The number of amides is 1. The van der Waals surface area contributed by atoms with Gasteiger partial charge >= 0.3 is 0 Å². The van der Waals surface area contributed by atoms with Crippen LogP contribution in [0.3, 0.4) is 0 Å². The lowest BCUT2D eigenvalue weighted by molar-refractivity contribution is 0.0932. The van der Waals surface area contributed by atoms with Gasteiger partial charge in [-0.1, -0.05) is 6.07 Å². The lowest BCUT2D eigenvalue weighted by Gasteiger charge is -2.33. The number of rotatable bonds is 5. The number of carbonyl (C=O) groups is 1. The third kappa shape index (κ3) is 4.01. The van der Waals surface area contributed by atoms with Gasteiger partial charge in [-0.2, -0.15) is 0 Å². The molecule has 1 unspecified atom stereocenters. The number of ether oxygens (including phenoxy) is 1. The molecule has 1 aromatic carbocycles. The molecular weight excluding hydrogens is 378 g/mol. The second kappa shape index (κ2) is 8.57. The summed E-state index contributed by atoms with van der Waals surface area (Å²) in [5.41, 5.74) is 3.60. The van der Waals surface area contributed by atoms with Crippen LogP contribution in [-0.2, 0) is 0 Å². The van der Waals surface area contributed by atoms with Crippen LogP contribution in [0.25, 0.3) is 5.69 Å². The Hall–Kier alpha value is -3.35. The number of nitrogens with zero attached hydrogens (tertiary/aromatic N) is 4. The fourth-order valence-electron chi connectivity index (χ4n) is 4.13. The molecule has 7 nitrogen and oxygen atoms in total. The van der Waals surface area contributed by atoms with E-state index in [1.807, 2.05) is 50.2 Å². The number of hydrogen-bond acceptors (Lipinski definition) is 5. The molecule has 1 atom stereocenters. The Morgan fingerprint density at radius 1 is 1.17 bits per heavy atom. The van der Waals surface area contributed by atoms with E-state index in [0.29, 0.717) is 18.1 Å². The smallest absolute Gasteiger partial charge is 0.253 e. The van der Waals surface area contributed by atoms with E-state index in [4.69, 9.17) is 4.74 Å². The molecule has 3 aromatic rings. The van der Waals surface area contributed by atoms with Crippen molar-refractivity contribution in [3.63, 3.8) is 0 Å². The van der Waals surface area contributed by atoms with Crippen LogP contribution >= 0.6 is 0 Å². The minimum atomic E-state index is -0.0434. The third-order valence-corrected chi connectivity index (χ3v) is 5.58. The Bertz CT molecular complexity index is 1030. The minimum Gasteiger partial charge on any atom is -0.497 e. The van der Waals surface area contributed by atoms with E-state index in [-0.39, 0.29) is 11.9 Å². The number of piperidine rings is 1. The highest BCUT2D eigenvalue weighted by Crippen LogP contribution is 2.24. The van der Waals surface area contributed by atoms with Gasteiger partial charge < -0.3 is 19.5 Å². The number of hydrogen-bond donors (Lipinski definition) is 1. The standard InChI is InChI=1S/C23H27N5O2/c1-16-13-21(17(2)28(16)19-8-4-9-20(14-19)30-3)22(29)26-18-7-5-12-27(15-18)23-24-10-6-11-25-23/h4,6,8-11,13-14,18H,5,7,12,15H2,1-3H3,(H,26,29). The van der Waals surface area contributed by atoms with Gasteiger partial charge in [0.15, 0.2) is 0 Å². The summed E-state index contributed by atoms with van der Waals surface area (Å²) in [6, 6.07) is 11.7. The quantitative estimate of drug-likeness (QED) is 0.705. The van der Waals surface area contributed by atoms with Gasteiger partial charge in [-0.15, -0.1) is 0 Å². The van der Waals surface area contributed by atoms with Gasteiger partial charge in [0.05, 0.1) is 12.7 Å². The highest BCUT2D eigenvalue weighted by molar-refractivity contribution is 5.96. The second-order valence-corrected chi connectivity index (χ2v) is 7.63. The van der Waals surface area contributed by atoms with Gasteiger partial charge in [-0.25, -0.2) is 9.97 Å². The maximum Gasteiger partial charge on any atom is 0.253 e. The fourth-order valence-corrected chi connectivity index (χ4v) is 4.13. The van der Waals surface area contributed by atoms with Crippen molar-refractivity contribution in [1.29, 1.82) is 0 Å². The molecule has 4 rings (SSSR count). The molecule has 0 radical (unpaired) electrons. The van der Waals surface area contributed by atoms with Gasteiger partial charge in [-0.05, 0) is 51.0 Å². The topological polar surface area (TPSA) is 72.3 Å². The maximum atomic E-state index is 13.1. The van der Waals surface area contributed by atoms with Gasteiger partial charge in [0.25, 0.3) is 5.91 Å². The molecular formula is C23H27N5O2. The Morgan fingerprint density at radius 3 is 2.73 bits per heavy atom. The third-order valence-electron chi connectivity index (χ3n) is 5.58. The first-order valence-corrected chi connectivity index (χ1v) is 10.2. The maximum absolute atomic E-state index is 13.1. The predicted octanol–water partition coefficient (Wildman–Crippen LogP) is 3.29. The molecule has 156 valence electrons. The normalized spacial score (nSPS) is 16.4. The van der Waals surface area contributed by atoms with Crippen molar-refractivity contribution < 1.29 is 9.53 Å². The van der Waals surface area contributed by atoms with E-state index in [1.165, 1.54) is 0 Å². The van der Waals surface area contributed by atoms with Gasteiger partial charge in [0.1, 0.15) is 5.75 Å². The zero-order valence-corrected chi connectivity index (χ0v) is 17.6. The van der Waals surface area contributed by atoms with E-state index < -0.39 is 0 Å². The number of nitrogens with one attached hydrogen (secondary N) is 1. The van der Waals surface area contributed by atoms with E-state index in [0.717, 1.165) is 42.2 Å². The monoisotopic (exact) mass is 405 g/mol. The summed E-state index contributed by atoms with van der Waals surface area (Å²) in [6.07, 6.45) is 5.44. The summed E-state index contributed by atoms with van der Waals surface area (Å²) < 4.78 is 7.44. The van der Waals surface area contributed by atoms with E-state index in [9.17, 15) is 4.79 Å². The highest BCUT2D eigenvalue weighted by Gasteiger charge is 2.25. The Morgan fingerprint density at radius 2 is 1.97 bits per heavy atom. The summed E-state index contributed by atoms with van der Waals surface area (Å²) >= 11 is 0. The van der Waals surface area contributed by atoms with Crippen LogP contribution in [0, 0.1) is 13.8 Å². The molecule has 7 heteroatoms. The summed E-state index contributed by atoms with van der Waals surface area (Å²) in [5, 5.41) is 3.22. The van der Waals surface area contributed by atoms with Gasteiger partial charge in [-0.3, -0.25) is 4.79 Å². The molecule has 1 fully saturated rings. The van der Waals surface area contributed by atoms with Crippen molar-refractivity contribution in [1.82, 2.24) is 19.9 Å². The zero-order valence-electron chi connectivity index (χ0n) is 17.6. The Balaban J connectivity index is 1.51. The van der Waals surface area contributed by atoms with Crippen LogP contribution in [0.15, 0.2) is 48.8 Å². The second-order valence-electron chi connectivity index (χ2n) is 7.63. The number of carbonyl (C=O) groups excluding carboxylic acids is 1. The molecule has 0 saturated carbocycles. The lowest BCUT2D eigenvalue weighted by Crippen LogP contribution is -2.48. The zero-order chi connectivity index (χ0) is 21.1. The summed E-state index contributed by atoms with van der Waals surface area (Å²) in [4.78, 5) is 23.9. The highest BCUT2D eigenvalue weighted by atomic mass is 16.5. The molecule has 1 aliphatic heterocycles. The number of aromatic nitrogens is 3. The molecule has 1 amide bonds. The van der Waals surface area contributed by atoms with Crippen LogP contribution in [-0.4, -0.2) is 46.7 Å².